The van der Waals surface area contributed by atoms with Gasteiger partial charge in [-0.1, -0.05) is 26.7 Å². The molecule has 1 N–H and O–H groups in total. The molecular formula is C12H24N2O2S. The van der Waals surface area contributed by atoms with Crippen LogP contribution in [0.25, 0.3) is 0 Å². The second kappa shape index (κ2) is 5.24. The van der Waals surface area contributed by atoms with Gasteiger partial charge in [0.1, 0.15) is 0 Å². The van der Waals surface area contributed by atoms with Gasteiger partial charge >= 0.3 is 0 Å². The summed E-state index contributed by atoms with van der Waals surface area (Å²) < 4.78 is 26.3. The van der Waals surface area contributed by atoms with Gasteiger partial charge in [0.2, 0.25) is 10.0 Å². The van der Waals surface area contributed by atoms with E-state index in [1.807, 2.05) is 0 Å². The van der Waals surface area contributed by atoms with E-state index >= 15 is 0 Å². The molecule has 5 heteroatoms. The molecule has 0 saturated carbocycles. The zero-order chi connectivity index (χ0) is 12.5. The molecule has 2 saturated heterocycles. The highest BCUT2D eigenvalue weighted by molar-refractivity contribution is 7.89. The third-order valence-electron chi connectivity index (χ3n) is 4.35. The Hall–Kier alpha value is -0.130. The zero-order valence-corrected chi connectivity index (χ0v) is 11.7. The largest absolute Gasteiger partial charge is 0.316 e. The van der Waals surface area contributed by atoms with E-state index in [1.165, 1.54) is 0 Å². The van der Waals surface area contributed by atoms with Crippen molar-refractivity contribution in [3.05, 3.63) is 0 Å². The maximum absolute atomic E-state index is 12.3. The quantitative estimate of drug-likeness (QED) is 0.799. The number of nitrogens with one attached hydrogen (secondary N) is 1. The SMILES string of the molecule is CCC(CC)CS(=O)(=O)N1C[C@H]2CNC[C@H]2C1. The first-order valence-electron chi connectivity index (χ1n) is 6.75. The molecule has 2 aliphatic heterocycles. The summed E-state index contributed by atoms with van der Waals surface area (Å²) in [6.45, 7) is 7.60. The monoisotopic (exact) mass is 260 g/mol. The number of hydrogen-bond donors (Lipinski definition) is 1. The fraction of sp³-hybridized carbons (Fsp3) is 1.00. The van der Waals surface area contributed by atoms with Crippen LogP contribution in [0.3, 0.4) is 0 Å². The molecule has 4 nitrogen and oxygen atoms in total. The first-order valence-corrected chi connectivity index (χ1v) is 8.36. The maximum atomic E-state index is 12.3. The van der Waals surface area contributed by atoms with Crippen molar-refractivity contribution in [2.45, 2.75) is 26.7 Å². The van der Waals surface area contributed by atoms with Crippen LogP contribution in [0.4, 0.5) is 0 Å². The summed E-state index contributed by atoms with van der Waals surface area (Å²) >= 11 is 0. The van der Waals surface area contributed by atoms with Crippen molar-refractivity contribution in [1.29, 1.82) is 0 Å². The highest BCUT2D eigenvalue weighted by atomic mass is 32.2. The number of hydrogen-bond acceptors (Lipinski definition) is 3. The average molecular weight is 260 g/mol. The van der Waals surface area contributed by atoms with Gasteiger partial charge in [-0.15, -0.1) is 0 Å². The third kappa shape index (κ3) is 2.83. The van der Waals surface area contributed by atoms with Crippen molar-refractivity contribution < 1.29 is 8.42 Å². The molecule has 0 aliphatic carbocycles. The predicted molar refractivity (Wildman–Crippen MR) is 69.3 cm³/mol. The van der Waals surface area contributed by atoms with E-state index in [9.17, 15) is 8.42 Å². The van der Waals surface area contributed by atoms with E-state index in [4.69, 9.17) is 0 Å². The first-order chi connectivity index (χ1) is 8.06. The Morgan fingerprint density at radius 1 is 1.18 bits per heavy atom. The number of fused-ring (bicyclic) bond motifs is 1. The summed E-state index contributed by atoms with van der Waals surface area (Å²) in [5, 5.41) is 3.34. The fourth-order valence-electron chi connectivity index (χ4n) is 2.97. The van der Waals surface area contributed by atoms with Crippen LogP contribution in [0, 0.1) is 17.8 Å². The summed E-state index contributed by atoms with van der Waals surface area (Å²) in [6.07, 6.45) is 1.91. The smallest absolute Gasteiger partial charge is 0.214 e. The van der Waals surface area contributed by atoms with Gasteiger partial charge in [-0.05, 0) is 30.8 Å². The van der Waals surface area contributed by atoms with Gasteiger partial charge in [0.25, 0.3) is 0 Å². The molecular weight excluding hydrogens is 236 g/mol. The zero-order valence-electron chi connectivity index (χ0n) is 10.9. The number of sulfonamides is 1. The molecule has 0 spiro atoms. The lowest BCUT2D eigenvalue weighted by Gasteiger charge is -2.20. The Morgan fingerprint density at radius 3 is 2.18 bits per heavy atom. The number of nitrogens with zero attached hydrogens (tertiary/aromatic N) is 1. The minimum Gasteiger partial charge on any atom is -0.316 e. The summed E-state index contributed by atoms with van der Waals surface area (Å²) in [7, 11) is -3.02. The molecule has 0 unspecified atom stereocenters. The van der Waals surface area contributed by atoms with Crippen LogP contribution < -0.4 is 5.32 Å². The molecule has 2 heterocycles. The Bertz CT molecular complexity index is 340. The second-order valence-corrected chi connectivity index (χ2v) is 7.47. The van der Waals surface area contributed by atoms with E-state index < -0.39 is 10.0 Å². The summed E-state index contributed by atoms with van der Waals surface area (Å²) in [5.74, 6) is 1.75. The van der Waals surface area contributed by atoms with E-state index in [0.717, 1.165) is 39.0 Å². The first kappa shape index (κ1) is 13.3. The molecule has 2 atom stereocenters. The highest BCUT2D eigenvalue weighted by Crippen LogP contribution is 2.29. The van der Waals surface area contributed by atoms with Crippen molar-refractivity contribution in [2.75, 3.05) is 31.9 Å². The molecule has 0 aromatic rings. The molecule has 0 aromatic heterocycles. The highest BCUT2D eigenvalue weighted by Gasteiger charge is 2.41. The van der Waals surface area contributed by atoms with Gasteiger partial charge in [-0.2, -0.15) is 0 Å². The lowest BCUT2D eigenvalue weighted by molar-refractivity contribution is 0.432. The molecule has 2 fully saturated rings. The summed E-state index contributed by atoms with van der Waals surface area (Å²) in [5.41, 5.74) is 0. The number of rotatable bonds is 5. The van der Waals surface area contributed by atoms with Crippen LogP contribution in [0.1, 0.15) is 26.7 Å². The summed E-state index contributed by atoms with van der Waals surface area (Å²) in [6, 6.07) is 0. The molecule has 0 bridgehead atoms. The minimum absolute atomic E-state index is 0.318. The lowest BCUT2D eigenvalue weighted by atomic mass is 10.0. The molecule has 0 amide bonds. The average Bonchev–Trinajstić information content (AvgIpc) is 2.85. The van der Waals surface area contributed by atoms with Gasteiger partial charge in [-0.25, -0.2) is 12.7 Å². The molecule has 17 heavy (non-hydrogen) atoms. The van der Waals surface area contributed by atoms with Crippen LogP contribution in [-0.4, -0.2) is 44.7 Å². The lowest BCUT2D eigenvalue weighted by Crippen LogP contribution is -2.35. The Balaban J connectivity index is 1.97. The van der Waals surface area contributed by atoms with Crippen LogP contribution in [0.15, 0.2) is 0 Å². The second-order valence-electron chi connectivity index (χ2n) is 5.46. The van der Waals surface area contributed by atoms with E-state index in [2.05, 4.69) is 19.2 Å². The van der Waals surface area contributed by atoms with Crippen LogP contribution in [0.5, 0.6) is 0 Å². The maximum Gasteiger partial charge on any atom is 0.214 e. The van der Waals surface area contributed by atoms with Crippen molar-refractivity contribution in [3.8, 4) is 0 Å². The van der Waals surface area contributed by atoms with E-state index in [-0.39, 0.29) is 0 Å². The van der Waals surface area contributed by atoms with Crippen molar-refractivity contribution in [1.82, 2.24) is 9.62 Å². The van der Waals surface area contributed by atoms with Crippen molar-refractivity contribution in [2.24, 2.45) is 17.8 Å². The fourth-order valence-corrected chi connectivity index (χ4v) is 5.08. The third-order valence-corrected chi connectivity index (χ3v) is 6.33. The van der Waals surface area contributed by atoms with Gasteiger partial charge in [0.15, 0.2) is 0 Å². The minimum atomic E-state index is -3.02. The Labute approximate surface area is 105 Å². The van der Waals surface area contributed by atoms with Gasteiger partial charge in [0, 0.05) is 13.1 Å². The standard InChI is InChI=1S/C12H24N2O2S/c1-3-10(4-2)9-17(15,16)14-7-11-5-13-6-12(11)8-14/h10-13H,3-9H2,1-2H3/t11-,12+. The topological polar surface area (TPSA) is 49.4 Å². The van der Waals surface area contributed by atoms with E-state index in [0.29, 0.717) is 23.5 Å². The van der Waals surface area contributed by atoms with Crippen molar-refractivity contribution in [3.63, 3.8) is 0 Å². The Kier molecular flexibility index (Phi) is 4.10. The molecule has 2 rings (SSSR count). The van der Waals surface area contributed by atoms with Gasteiger partial charge in [0.05, 0.1) is 5.75 Å². The molecule has 2 aliphatic rings. The van der Waals surface area contributed by atoms with Crippen molar-refractivity contribution >= 4 is 10.0 Å². The van der Waals surface area contributed by atoms with Crippen LogP contribution >= 0.6 is 0 Å². The Morgan fingerprint density at radius 2 is 1.71 bits per heavy atom. The van der Waals surface area contributed by atoms with Crippen LogP contribution in [0.2, 0.25) is 0 Å². The summed E-state index contributed by atoms with van der Waals surface area (Å²) in [4.78, 5) is 0. The molecule has 0 radical (unpaired) electrons. The van der Waals surface area contributed by atoms with Gasteiger partial charge in [-0.3, -0.25) is 0 Å². The van der Waals surface area contributed by atoms with Crippen LogP contribution in [-0.2, 0) is 10.0 Å². The predicted octanol–water partition coefficient (Wildman–Crippen LogP) is 0.904. The van der Waals surface area contributed by atoms with Gasteiger partial charge < -0.3 is 5.32 Å². The van der Waals surface area contributed by atoms with E-state index in [1.54, 1.807) is 4.31 Å². The molecule has 0 aromatic carbocycles. The molecule has 100 valence electrons. The normalized spacial score (nSPS) is 30.1.